The van der Waals surface area contributed by atoms with Gasteiger partial charge in [-0.25, -0.2) is 9.88 Å². The first-order chi connectivity index (χ1) is 14.8. The summed E-state index contributed by atoms with van der Waals surface area (Å²) in [7, 11) is 0. The average Bonchev–Trinajstić information content (AvgIpc) is 3.34. The molecule has 156 valence electrons. The smallest absolute Gasteiger partial charge is 0.278 e. The number of carbonyl (C=O) groups is 2. The zero-order valence-corrected chi connectivity index (χ0v) is 17.7. The van der Waals surface area contributed by atoms with Crippen molar-refractivity contribution in [3.63, 3.8) is 0 Å². The van der Waals surface area contributed by atoms with E-state index in [2.05, 4.69) is 15.1 Å². The van der Waals surface area contributed by atoms with Crippen molar-refractivity contribution >= 4 is 51.7 Å². The number of aryl methyl sites for hydroxylation is 1. The number of amides is 2. The predicted octanol–water partition coefficient (Wildman–Crippen LogP) is 3.70. The zero-order valence-electron chi connectivity index (χ0n) is 16.1. The molecule has 0 unspecified atom stereocenters. The van der Waals surface area contributed by atoms with Crippen LogP contribution in [0.25, 0.3) is 17.0 Å². The minimum absolute atomic E-state index is 0.128. The number of rotatable bonds is 3. The van der Waals surface area contributed by atoms with Crippen LogP contribution >= 0.6 is 23.2 Å². The van der Waals surface area contributed by atoms with Crippen LogP contribution in [0.3, 0.4) is 0 Å². The fraction of sp³-hybridized carbons (Fsp3) is 0.143. The Kier molecular flexibility index (Phi) is 4.49. The van der Waals surface area contributed by atoms with Crippen molar-refractivity contribution in [2.45, 2.75) is 19.3 Å². The first kappa shape index (κ1) is 19.6. The molecule has 5 rings (SSSR count). The lowest BCUT2D eigenvalue weighted by molar-refractivity contribution is -0.121. The molecule has 8 nitrogen and oxygen atoms in total. The summed E-state index contributed by atoms with van der Waals surface area (Å²) in [5.74, 6) is -1.54. The summed E-state index contributed by atoms with van der Waals surface area (Å²) >= 11 is 12.1. The summed E-state index contributed by atoms with van der Waals surface area (Å²) in [6, 6.07) is 11.9. The van der Waals surface area contributed by atoms with Gasteiger partial charge in [0, 0.05) is 22.2 Å². The molecule has 2 N–H and O–H groups in total. The van der Waals surface area contributed by atoms with Gasteiger partial charge < -0.3 is 4.98 Å². The van der Waals surface area contributed by atoms with Gasteiger partial charge in [0.15, 0.2) is 0 Å². The zero-order chi connectivity index (χ0) is 21.9. The third-order valence-electron chi connectivity index (χ3n) is 5.31. The minimum atomic E-state index is -0.917. The van der Waals surface area contributed by atoms with Gasteiger partial charge in [0.2, 0.25) is 17.8 Å². The normalized spacial score (nSPS) is 16.6. The Morgan fingerprint density at radius 2 is 1.77 bits per heavy atom. The molecule has 1 saturated heterocycles. The lowest BCUT2D eigenvalue weighted by Crippen LogP contribution is -2.31. The molecule has 0 aliphatic carbocycles. The van der Waals surface area contributed by atoms with Gasteiger partial charge in [-0.15, -0.1) is 0 Å². The second-order valence-corrected chi connectivity index (χ2v) is 8.19. The predicted molar refractivity (Wildman–Crippen MR) is 117 cm³/mol. The number of hydrogen-bond donors (Lipinski definition) is 2. The molecule has 3 heterocycles. The van der Waals surface area contributed by atoms with Crippen LogP contribution in [0.4, 0.5) is 5.69 Å². The fourth-order valence-corrected chi connectivity index (χ4v) is 4.48. The lowest BCUT2D eigenvalue weighted by Gasteiger charge is -2.15. The van der Waals surface area contributed by atoms with Crippen LogP contribution in [0.2, 0.25) is 10.0 Å². The van der Waals surface area contributed by atoms with E-state index in [0.29, 0.717) is 27.2 Å². The van der Waals surface area contributed by atoms with Crippen LogP contribution < -0.4 is 10.5 Å². The van der Waals surface area contributed by atoms with Gasteiger partial charge in [0.25, 0.3) is 5.56 Å². The first-order valence-electron chi connectivity index (χ1n) is 9.43. The Morgan fingerprint density at radius 3 is 2.48 bits per heavy atom. The molecular weight excluding hydrogens is 441 g/mol. The standard InChI is InChI=1S/C21H15Cl2N5O3/c1-10-18(20(31)28(26-10)21-24-15-4-2-3-5-16(15)25-21)14-9-17(29)27(19(14)30)13-7-11(22)6-12(23)8-13/h2-8,14,26H,9H2,1H3,(H,24,25)/t14-/m0/s1. The summed E-state index contributed by atoms with van der Waals surface area (Å²) in [5, 5.41) is 3.57. The molecule has 1 aliphatic heterocycles. The maximum absolute atomic E-state index is 13.2. The molecule has 4 aromatic rings. The monoisotopic (exact) mass is 455 g/mol. The summed E-state index contributed by atoms with van der Waals surface area (Å²) < 4.78 is 1.25. The fourth-order valence-electron chi connectivity index (χ4n) is 3.96. The van der Waals surface area contributed by atoms with E-state index in [9.17, 15) is 14.4 Å². The highest BCUT2D eigenvalue weighted by atomic mass is 35.5. The number of carbonyl (C=O) groups excluding carboxylic acids is 2. The van der Waals surface area contributed by atoms with Gasteiger partial charge in [-0.1, -0.05) is 35.3 Å². The number of anilines is 1. The molecule has 1 fully saturated rings. The number of H-pyrrole nitrogens is 2. The molecule has 2 amide bonds. The molecule has 31 heavy (non-hydrogen) atoms. The molecular formula is C21H15Cl2N5O3. The number of hydrogen-bond acceptors (Lipinski definition) is 4. The molecule has 0 saturated carbocycles. The number of aromatic nitrogens is 4. The largest absolute Gasteiger partial charge is 0.322 e. The lowest BCUT2D eigenvalue weighted by atomic mass is 9.98. The van der Waals surface area contributed by atoms with Gasteiger partial charge in [-0.05, 0) is 37.3 Å². The maximum atomic E-state index is 13.2. The van der Waals surface area contributed by atoms with Crippen LogP contribution in [0.1, 0.15) is 23.6 Å². The SMILES string of the molecule is Cc1[nH]n(-c2nc3ccccc3[nH]2)c(=O)c1[C@@H]1CC(=O)N(c2cc(Cl)cc(Cl)c2)C1=O. The van der Waals surface area contributed by atoms with Crippen LogP contribution in [0, 0.1) is 6.92 Å². The van der Waals surface area contributed by atoms with Crippen molar-refractivity contribution in [2.75, 3.05) is 4.90 Å². The second-order valence-electron chi connectivity index (χ2n) is 7.32. The van der Waals surface area contributed by atoms with Crippen molar-refractivity contribution in [1.82, 2.24) is 19.7 Å². The maximum Gasteiger partial charge on any atom is 0.278 e. The highest BCUT2D eigenvalue weighted by molar-refractivity contribution is 6.35. The molecule has 2 aromatic heterocycles. The molecule has 1 atom stereocenters. The number of benzene rings is 2. The van der Waals surface area contributed by atoms with Gasteiger partial charge in [-0.2, -0.15) is 4.68 Å². The molecule has 0 radical (unpaired) electrons. The Labute approximate surface area is 185 Å². The van der Waals surface area contributed by atoms with Crippen LogP contribution in [-0.4, -0.2) is 31.6 Å². The molecule has 2 aromatic carbocycles. The Morgan fingerprint density at radius 1 is 1.06 bits per heavy atom. The number of aromatic amines is 2. The third kappa shape index (κ3) is 3.15. The number of nitrogens with one attached hydrogen (secondary N) is 2. The summed E-state index contributed by atoms with van der Waals surface area (Å²) in [6.07, 6.45) is -0.128. The van der Waals surface area contributed by atoms with E-state index in [-0.39, 0.29) is 17.7 Å². The van der Waals surface area contributed by atoms with Gasteiger partial charge in [-0.3, -0.25) is 19.5 Å². The summed E-state index contributed by atoms with van der Waals surface area (Å²) in [4.78, 5) is 47.6. The highest BCUT2D eigenvalue weighted by Gasteiger charge is 2.43. The van der Waals surface area contributed by atoms with Crippen molar-refractivity contribution in [1.29, 1.82) is 0 Å². The molecule has 1 aliphatic rings. The second kappa shape index (κ2) is 7.11. The van der Waals surface area contributed by atoms with Crippen molar-refractivity contribution in [2.24, 2.45) is 0 Å². The van der Waals surface area contributed by atoms with Crippen LogP contribution in [0.5, 0.6) is 0 Å². The minimum Gasteiger partial charge on any atom is -0.322 e. The summed E-state index contributed by atoms with van der Waals surface area (Å²) in [5.41, 5.74) is 2.04. The number of imide groups is 1. The van der Waals surface area contributed by atoms with Gasteiger partial charge >= 0.3 is 0 Å². The van der Waals surface area contributed by atoms with E-state index >= 15 is 0 Å². The quantitative estimate of drug-likeness (QED) is 0.459. The van der Waals surface area contributed by atoms with E-state index in [1.54, 1.807) is 6.92 Å². The topological polar surface area (TPSA) is 104 Å². The first-order valence-corrected chi connectivity index (χ1v) is 10.2. The number of halogens is 2. The van der Waals surface area contributed by atoms with Crippen molar-refractivity contribution in [3.8, 4) is 5.95 Å². The van der Waals surface area contributed by atoms with Crippen LogP contribution in [0.15, 0.2) is 47.3 Å². The van der Waals surface area contributed by atoms with E-state index < -0.39 is 23.3 Å². The van der Waals surface area contributed by atoms with E-state index in [1.807, 2.05) is 24.3 Å². The van der Waals surface area contributed by atoms with Crippen LogP contribution in [-0.2, 0) is 9.59 Å². The van der Waals surface area contributed by atoms with E-state index in [4.69, 9.17) is 23.2 Å². The Balaban J connectivity index is 1.56. The highest BCUT2D eigenvalue weighted by Crippen LogP contribution is 2.35. The van der Waals surface area contributed by atoms with Crippen molar-refractivity contribution in [3.05, 3.63) is 74.1 Å². The van der Waals surface area contributed by atoms with Gasteiger partial charge in [0.1, 0.15) is 0 Å². The van der Waals surface area contributed by atoms with E-state index in [1.165, 1.54) is 22.9 Å². The number of nitrogens with zero attached hydrogens (tertiary/aromatic N) is 3. The Hall–Kier alpha value is -3.36. The number of para-hydroxylation sites is 2. The Bertz CT molecular complexity index is 1380. The molecule has 0 spiro atoms. The third-order valence-corrected chi connectivity index (χ3v) is 5.74. The molecule has 10 heteroatoms. The summed E-state index contributed by atoms with van der Waals surface area (Å²) in [6.45, 7) is 1.69. The van der Waals surface area contributed by atoms with E-state index in [0.717, 1.165) is 10.4 Å². The van der Waals surface area contributed by atoms with Gasteiger partial charge in [0.05, 0.1) is 28.2 Å². The number of imidazole rings is 1. The number of fused-ring (bicyclic) bond motifs is 1. The van der Waals surface area contributed by atoms with Crippen molar-refractivity contribution < 1.29 is 9.59 Å². The molecule has 0 bridgehead atoms. The average molecular weight is 456 g/mol.